The van der Waals surface area contributed by atoms with Crippen molar-refractivity contribution in [1.82, 2.24) is 31.9 Å². The SMILES string of the molecule is C[C@H](N)C(=O)N[C@@H](C)C(=O)N[C@@H](C)C(=O)N[C@@H](C)C(=O)N[C@@H](C)C(=O)N[C@@H](C)C(=O)N[C@@H](CCCCCN)C(=O)O. The van der Waals surface area contributed by atoms with Gasteiger partial charge < -0.3 is 48.5 Å². The fourth-order valence-corrected chi connectivity index (χ4v) is 3.25. The lowest BCUT2D eigenvalue weighted by atomic mass is 10.1. The van der Waals surface area contributed by atoms with Crippen LogP contribution in [0.15, 0.2) is 0 Å². The Bertz CT molecular complexity index is 945. The van der Waals surface area contributed by atoms with Gasteiger partial charge in [-0.05, 0) is 60.9 Å². The molecule has 0 aliphatic rings. The Morgan fingerprint density at radius 3 is 1.15 bits per heavy atom. The van der Waals surface area contributed by atoms with Gasteiger partial charge in [-0.15, -0.1) is 0 Å². The first-order valence-corrected chi connectivity index (χ1v) is 13.5. The number of hydrogen-bond acceptors (Lipinski definition) is 9. The van der Waals surface area contributed by atoms with Crippen LogP contribution in [0, 0.1) is 0 Å². The molecule has 0 saturated carbocycles. The highest BCUT2D eigenvalue weighted by atomic mass is 16.4. The van der Waals surface area contributed by atoms with E-state index in [-0.39, 0.29) is 6.42 Å². The van der Waals surface area contributed by atoms with E-state index in [1.165, 1.54) is 41.5 Å². The third-order valence-electron chi connectivity index (χ3n) is 5.99. The van der Waals surface area contributed by atoms with Gasteiger partial charge in [0.15, 0.2) is 0 Å². The van der Waals surface area contributed by atoms with Crippen LogP contribution in [0.5, 0.6) is 0 Å². The highest BCUT2D eigenvalue weighted by molar-refractivity contribution is 5.96. The Kier molecular flexibility index (Phi) is 16.8. The van der Waals surface area contributed by atoms with Crippen molar-refractivity contribution in [3.8, 4) is 0 Å². The van der Waals surface area contributed by atoms with Crippen LogP contribution in [-0.4, -0.2) is 95.4 Å². The van der Waals surface area contributed by atoms with Crippen molar-refractivity contribution in [3.05, 3.63) is 0 Å². The third-order valence-corrected chi connectivity index (χ3v) is 5.99. The fourth-order valence-electron chi connectivity index (χ4n) is 3.25. The Hall–Kier alpha value is -3.79. The van der Waals surface area contributed by atoms with Crippen LogP contribution in [0.1, 0.15) is 67.2 Å². The van der Waals surface area contributed by atoms with E-state index in [0.29, 0.717) is 13.0 Å². The van der Waals surface area contributed by atoms with Crippen molar-refractivity contribution >= 4 is 41.4 Å². The first-order valence-electron chi connectivity index (χ1n) is 13.5. The molecule has 0 aliphatic carbocycles. The molecule has 234 valence electrons. The zero-order chi connectivity index (χ0) is 31.9. The summed E-state index contributed by atoms with van der Waals surface area (Å²) in [5, 5.41) is 23.8. The number of nitrogens with two attached hydrogens (primary N) is 2. The normalized spacial score (nSPS) is 15.9. The van der Waals surface area contributed by atoms with Crippen LogP contribution in [0.2, 0.25) is 0 Å². The van der Waals surface area contributed by atoms with Gasteiger partial charge >= 0.3 is 5.97 Å². The summed E-state index contributed by atoms with van der Waals surface area (Å²) < 4.78 is 0. The van der Waals surface area contributed by atoms with Gasteiger partial charge in [-0.3, -0.25) is 28.8 Å². The number of carbonyl (C=O) groups is 7. The molecule has 0 radical (unpaired) electrons. The summed E-state index contributed by atoms with van der Waals surface area (Å²) in [6.07, 6.45) is 2.23. The number of aliphatic carboxylic acids is 1. The smallest absolute Gasteiger partial charge is 0.326 e. The molecular weight excluding hydrogens is 540 g/mol. The predicted molar refractivity (Wildman–Crippen MR) is 149 cm³/mol. The highest BCUT2D eigenvalue weighted by Gasteiger charge is 2.28. The molecule has 0 aromatic rings. The van der Waals surface area contributed by atoms with Crippen LogP contribution >= 0.6 is 0 Å². The largest absolute Gasteiger partial charge is 0.480 e. The standard InChI is InChI=1S/C25H46N8O8/c1-12(27)19(34)28-13(2)20(35)29-14(3)21(36)30-15(4)22(37)31-16(5)23(38)32-17(6)24(39)33-18(25(40)41)10-8-7-9-11-26/h12-18H,7-11,26-27H2,1-6H3,(H,28,34)(H,29,35)(H,30,36)(H,31,37)(H,32,38)(H,33,39)(H,40,41)/t12-,13-,14-,15-,16-,17-,18-/m0/s1. The van der Waals surface area contributed by atoms with Gasteiger partial charge in [0.2, 0.25) is 35.4 Å². The van der Waals surface area contributed by atoms with Gasteiger partial charge in [-0.25, -0.2) is 4.79 Å². The van der Waals surface area contributed by atoms with Crippen molar-refractivity contribution in [2.24, 2.45) is 11.5 Å². The minimum atomic E-state index is -1.20. The van der Waals surface area contributed by atoms with E-state index < -0.39 is 83.7 Å². The van der Waals surface area contributed by atoms with Gasteiger partial charge in [0.1, 0.15) is 36.3 Å². The maximum atomic E-state index is 12.5. The molecule has 0 saturated heterocycles. The summed E-state index contributed by atoms with van der Waals surface area (Å²) in [4.78, 5) is 85.2. The predicted octanol–water partition coefficient (Wildman–Crippen LogP) is -3.05. The van der Waals surface area contributed by atoms with Crippen LogP contribution in [0.25, 0.3) is 0 Å². The molecule has 0 aliphatic heterocycles. The first kappa shape index (κ1) is 37.2. The van der Waals surface area contributed by atoms with E-state index in [1.807, 2.05) is 0 Å². The maximum absolute atomic E-state index is 12.5. The first-order chi connectivity index (χ1) is 19.0. The van der Waals surface area contributed by atoms with E-state index in [1.54, 1.807) is 0 Å². The van der Waals surface area contributed by atoms with Crippen LogP contribution in [0.3, 0.4) is 0 Å². The molecule has 16 heteroatoms. The minimum absolute atomic E-state index is 0.212. The van der Waals surface area contributed by atoms with E-state index in [4.69, 9.17) is 11.5 Å². The number of carbonyl (C=O) groups excluding carboxylic acids is 6. The molecule has 0 fully saturated rings. The van der Waals surface area contributed by atoms with Crippen molar-refractivity contribution in [2.45, 2.75) is 110 Å². The topological polar surface area (TPSA) is 264 Å². The zero-order valence-electron chi connectivity index (χ0n) is 24.5. The molecule has 0 heterocycles. The van der Waals surface area contributed by atoms with Crippen LogP contribution < -0.4 is 43.4 Å². The second-order valence-electron chi connectivity index (χ2n) is 9.98. The molecule has 7 atom stereocenters. The molecule has 0 bridgehead atoms. The van der Waals surface area contributed by atoms with Gasteiger partial charge in [0, 0.05) is 0 Å². The lowest BCUT2D eigenvalue weighted by Crippen LogP contribution is -2.57. The molecule has 6 amide bonds. The van der Waals surface area contributed by atoms with Crippen molar-refractivity contribution < 1.29 is 38.7 Å². The van der Waals surface area contributed by atoms with Crippen LogP contribution in [-0.2, 0) is 33.6 Å². The molecule has 0 unspecified atom stereocenters. The number of carboxylic acid groups (broad SMARTS) is 1. The second-order valence-corrected chi connectivity index (χ2v) is 9.98. The molecule has 41 heavy (non-hydrogen) atoms. The van der Waals surface area contributed by atoms with Gasteiger partial charge in [-0.2, -0.15) is 0 Å². The van der Waals surface area contributed by atoms with Crippen molar-refractivity contribution in [2.75, 3.05) is 6.54 Å². The fraction of sp³-hybridized carbons (Fsp3) is 0.720. The molecular formula is C25H46N8O8. The lowest BCUT2D eigenvalue weighted by Gasteiger charge is -2.23. The minimum Gasteiger partial charge on any atom is -0.480 e. The Morgan fingerprint density at radius 2 is 0.854 bits per heavy atom. The zero-order valence-corrected chi connectivity index (χ0v) is 24.5. The van der Waals surface area contributed by atoms with Gasteiger partial charge in [0.05, 0.1) is 6.04 Å². The maximum Gasteiger partial charge on any atom is 0.326 e. The van der Waals surface area contributed by atoms with Gasteiger partial charge in [0.25, 0.3) is 0 Å². The highest BCUT2D eigenvalue weighted by Crippen LogP contribution is 2.04. The van der Waals surface area contributed by atoms with Gasteiger partial charge in [-0.1, -0.05) is 12.8 Å². The van der Waals surface area contributed by atoms with Crippen molar-refractivity contribution in [1.29, 1.82) is 0 Å². The number of amides is 6. The Balaban J connectivity index is 4.77. The van der Waals surface area contributed by atoms with Crippen molar-refractivity contribution in [3.63, 3.8) is 0 Å². The summed E-state index contributed by atoms with van der Waals surface area (Å²) >= 11 is 0. The molecule has 0 aromatic heterocycles. The summed E-state index contributed by atoms with van der Waals surface area (Å²) in [6.45, 7) is 8.85. The number of hydrogen-bond donors (Lipinski definition) is 9. The molecule has 0 aromatic carbocycles. The quantitative estimate of drug-likeness (QED) is 0.0732. The van der Waals surface area contributed by atoms with E-state index >= 15 is 0 Å². The summed E-state index contributed by atoms with van der Waals surface area (Å²) in [6, 6.07) is -7.23. The van der Waals surface area contributed by atoms with E-state index in [0.717, 1.165) is 12.8 Å². The molecule has 16 nitrogen and oxygen atoms in total. The number of nitrogens with one attached hydrogen (secondary N) is 6. The number of unbranched alkanes of at least 4 members (excludes halogenated alkanes) is 2. The molecule has 11 N–H and O–H groups in total. The van der Waals surface area contributed by atoms with Crippen LogP contribution in [0.4, 0.5) is 0 Å². The average molecular weight is 587 g/mol. The molecule has 0 rings (SSSR count). The van der Waals surface area contributed by atoms with E-state index in [9.17, 15) is 38.7 Å². The summed E-state index contributed by atoms with van der Waals surface area (Å²) in [7, 11) is 0. The molecule has 0 spiro atoms. The monoisotopic (exact) mass is 586 g/mol. The number of rotatable bonds is 18. The summed E-state index contributed by atoms with van der Waals surface area (Å²) in [5.41, 5.74) is 10.9. The Labute approximate surface area is 239 Å². The lowest BCUT2D eigenvalue weighted by molar-refractivity contribution is -0.142. The third kappa shape index (κ3) is 14.4. The number of carboxylic acids is 1. The Morgan fingerprint density at radius 1 is 0.537 bits per heavy atom. The summed E-state index contributed by atoms with van der Waals surface area (Å²) in [5.74, 6) is -5.19. The second kappa shape index (κ2) is 18.5. The van der Waals surface area contributed by atoms with E-state index in [2.05, 4.69) is 31.9 Å². The average Bonchev–Trinajstić information content (AvgIpc) is 2.89.